The zero-order chi connectivity index (χ0) is 11.8. The monoisotopic (exact) mass is 217 g/mol. The highest BCUT2D eigenvalue weighted by atomic mass is 16.5. The molecule has 0 aliphatic carbocycles. The van der Waals surface area contributed by atoms with Crippen molar-refractivity contribution in [3.05, 3.63) is 0 Å². The quantitative estimate of drug-likeness (QED) is 0.624. The lowest BCUT2D eigenvalue weighted by molar-refractivity contribution is -0.143. The number of nitrogens with one attached hydrogen (secondary N) is 1. The largest absolute Gasteiger partial charge is 0.466 e. The van der Waals surface area contributed by atoms with Gasteiger partial charge in [-0.05, 0) is 20.3 Å². The van der Waals surface area contributed by atoms with Gasteiger partial charge >= 0.3 is 5.97 Å². The molecule has 1 amide bonds. The lowest BCUT2D eigenvalue weighted by atomic mass is 10.1. The van der Waals surface area contributed by atoms with Gasteiger partial charge in [0.25, 0.3) is 0 Å². The van der Waals surface area contributed by atoms with Crippen LogP contribution in [0.5, 0.6) is 0 Å². The summed E-state index contributed by atoms with van der Waals surface area (Å²) < 4.78 is 4.72. The van der Waals surface area contributed by atoms with E-state index in [2.05, 4.69) is 5.32 Å². The normalized spacial score (nSPS) is 14.1. The summed E-state index contributed by atoms with van der Waals surface area (Å²) in [6.45, 7) is 5.15. The lowest BCUT2D eigenvalue weighted by Crippen LogP contribution is -2.40. The fourth-order valence-electron chi connectivity index (χ4n) is 1.17. The van der Waals surface area contributed by atoms with Gasteiger partial charge in [-0.3, -0.25) is 9.59 Å². The number of carbonyl (C=O) groups excluding carboxylic acids is 2. The van der Waals surface area contributed by atoms with Crippen LogP contribution in [0.2, 0.25) is 0 Å². The van der Waals surface area contributed by atoms with Gasteiger partial charge in [-0.25, -0.2) is 0 Å². The molecule has 0 aliphatic rings. The predicted molar refractivity (Wildman–Crippen MR) is 55.2 cm³/mol. The molecule has 5 nitrogen and oxygen atoms in total. The first-order valence-corrected chi connectivity index (χ1v) is 5.08. The Kier molecular flexibility index (Phi) is 6.70. The first-order valence-electron chi connectivity index (χ1n) is 5.08. The van der Waals surface area contributed by atoms with Crippen LogP contribution in [0.4, 0.5) is 0 Å². The number of esters is 1. The van der Waals surface area contributed by atoms with Gasteiger partial charge in [0.2, 0.25) is 5.91 Å². The van der Waals surface area contributed by atoms with Gasteiger partial charge in [-0.15, -0.1) is 0 Å². The van der Waals surface area contributed by atoms with Crippen LogP contribution >= 0.6 is 0 Å². The van der Waals surface area contributed by atoms with Crippen LogP contribution in [0, 0.1) is 0 Å². The summed E-state index contributed by atoms with van der Waals surface area (Å²) in [6, 6.07) is -0.350. The molecule has 0 rings (SSSR count). The number of amides is 1. The van der Waals surface area contributed by atoms with E-state index in [-0.39, 0.29) is 24.3 Å². The Morgan fingerprint density at radius 1 is 1.47 bits per heavy atom. The van der Waals surface area contributed by atoms with Gasteiger partial charge in [0.1, 0.15) is 0 Å². The van der Waals surface area contributed by atoms with Gasteiger partial charge in [0.15, 0.2) is 0 Å². The molecule has 2 atom stereocenters. The van der Waals surface area contributed by atoms with Crippen molar-refractivity contribution in [3.63, 3.8) is 0 Å². The Morgan fingerprint density at radius 3 is 2.53 bits per heavy atom. The van der Waals surface area contributed by atoms with Crippen molar-refractivity contribution in [2.45, 2.75) is 45.8 Å². The molecule has 0 saturated carbocycles. The molecule has 0 aromatic rings. The molecule has 0 bridgehead atoms. The predicted octanol–water partition coefficient (Wildman–Crippen LogP) is 0.215. The van der Waals surface area contributed by atoms with E-state index in [9.17, 15) is 14.7 Å². The lowest BCUT2D eigenvalue weighted by Gasteiger charge is -2.18. The van der Waals surface area contributed by atoms with E-state index in [0.717, 1.165) is 0 Å². The Balaban J connectivity index is 3.77. The highest BCUT2D eigenvalue weighted by Gasteiger charge is 2.16. The fraction of sp³-hybridized carbons (Fsp3) is 0.800. The van der Waals surface area contributed by atoms with Crippen molar-refractivity contribution < 1.29 is 19.4 Å². The Bertz CT molecular complexity index is 217. The molecule has 0 spiro atoms. The van der Waals surface area contributed by atoms with Crippen molar-refractivity contribution in [2.75, 3.05) is 6.61 Å². The van der Waals surface area contributed by atoms with Crippen molar-refractivity contribution in [3.8, 4) is 0 Å². The van der Waals surface area contributed by atoms with E-state index in [1.54, 1.807) is 13.8 Å². The second kappa shape index (κ2) is 7.23. The van der Waals surface area contributed by atoms with Crippen LogP contribution < -0.4 is 5.32 Å². The maximum atomic E-state index is 11.0. The number of rotatable bonds is 6. The molecule has 88 valence electrons. The van der Waals surface area contributed by atoms with Crippen LogP contribution in [-0.2, 0) is 14.3 Å². The minimum atomic E-state index is -0.724. The summed E-state index contributed by atoms with van der Waals surface area (Å²) in [6.07, 6.45) is -0.266. The van der Waals surface area contributed by atoms with Crippen molar-refractivity contribution in [1.82, 2.24) is 5.32 Å². The maximum Gasteiger partial charge on any atom is 0.305 e. The van der Waals surface area contributed by atoms with Crippen molar-refractivity contribution in [2.24, 2.45) is 0 Å². The Morgan fingerprint density at radius 2 is 2.07 bits per heavy atom. The van der Waals surface area contributed by atoms with Crippen LogP contribution in [0.25, 0.3) is 0 Å². The Labute approximate surface area is 89.8 Å². The molecule has 0 aliphatic heterocycles. The third kappa shape index (κ3) is 6.90. The van der Waals surface area contributed by atoms with E-state index in [1.807, 2.05) is 0 Å². The molecule has 0 radical (unpaired) electrons. The third-order valence-electron chi connectivity index (χ3n) is 1.96. The van der Waals surface area contributed by atoms with Gasteiger partial charge in [-0.2, -0.15) is 0 Å². The van der Waals surface area contributed by atoms with Gasteiger partial charge < -0.3 is 15.2 Å². The molecule has 5 heteroatoms. The van der Waals surface area contributed by atoms with Crippen LogP contribution in [0.3, 0.4) is 0 Å². The molecular weight excluding hydrogens is 198 g/mol. The summed E-state index contributed by atoms with van der Waals surface area (Å²) in [4.78, 5) is 21.7. The summed E-state index contributed by atoms with van der Waals surface area (Å²) in [5.74, 6) is -0.524. The van der Waals surface area contributed by atoms with E-state index < -0.39 is 6.10 Å². The topological polar surface area (TPSA) is 75.6 Å². The minimum absolute atomic E-state index is 0.166. The molecular formula is C10H19NO4. The summed E-state index contributed by atoms with van der Waals surface area (Å²) in [5.41, 5.74) is 0. The molecule has 0 fully saturated rings. The summed E-state index contributed by atoms with van der Waals surface area (Å²) >= 11 is 0. The number of hydrogen-bond acceptors (Lipinski definition) is 4. The average molecular weight is 217 g/mol. The minimum Gasteiger partial charge on any atom is -0.466 e. The molecule has 0 saturated heterocycles. The zero-order valence-corrected chi connectivity index (χ0v) is 9.45. The van der Waals surface area contributed by atoms with Gasteiger partial charge in [-0.1, -0.05) is 0 Å². The molecule has 2 unspecified atom stereocenters. The number of hydrogen-bond donors (Lipinski definition) is 2. The van der Waals surface area contributed by atoms with Crippen molar-refractivity contribution >= 4 is 11.9 Å². The highest BCUT2D eigenvalue weighted by Crippen LogP contribution is 2.03. The standard InChI is InChI=1S/C10H19NO4/c1-4-15-10(14)6-5-9(13)7(2)11-8(3)12/h7,9,13H,4-6H2,1-3H3,(H,11,12). The van der Waals surface area contributed by atoms with Gasteiger partial charge in [0, 0.05) is 13.3 Å². The molecule has 0 aromatic heterocycles. The molecule has 2 N–H and O–H groups in total. The number of aliphatic hydroxyl groups is 1. The van der Waals surface area contributed by atoms with Crippen LogP contribution in [0.15, 0.2) is 0 Å². The first-order chi connectivity index (χ1) is 6.97. The van der Waals surface area contributed by atoms with Crippen LogP contribution in [0.1, 0.15) is 33.6 Å². The van der Waals surface area contributed by atoms with Crippen LogP contribution in [-0.4, -0.2) is 35.7 Å². The highest BCUT2D eigenvalue weighted by molar-refractivity contribution is 5.73. The van der Waals surface area contributed by atoms with Gasteiger partial charge in [0.05, 0.1) is 18.8 Å². The number of ether oxygens (including phenoxy) is 1. The summed E-state index contributed by atoms with van der Waals surface area (Å²) in [7, 11) is 0. The van der Waals surface area contributed by atoms with E-state index in [4.69, 9.17) is 4.74 Å². The van der Waals surface area contributed by atoms with E-state index in [1.165, 1.54) is 6.92 Å². The maximum absolute atomic E-state index is 11.0. The zero-order valence-electron chi connectivity index (χ0n) is 9.45. The smallest absolute Gasteiger partial charge is 0.305 e. The average Bonchev–Trinajstić information content (AvgIpc) is 2.13. The fourth-order valence-corrected chi connectivity index (χ4v) is 1.17. The second-order valence-corrected chi connectivity index (χ2v) is 3.40. The Hall–Kier alpha value is -1.10. The number of aliphatic hydroxyl groups excluding tert-OH is 1. The number of carbonyl (C=O) groups is 2. The molecule has 0 aromatic carbocycles. The SMILES string of the molecule is CCOC(=O)CCC(O)C(C)NC(C)=O. The van der Waals surface area contributed by atoms with E-state index >= 15 is 0 Å². The summed E-state index contributed by atoms with van der Waals surface area (Å²) in [5, 5.41) is 12.1. The second-order valence-electron chi connectivity index (χ2n) is 3.40. The third-order valence-corrected chi connectivity index (χ3v) is 1.96. The van der Waals surface area contributed by atoms with Crippen molar-refractivity contribution in [1.29, 1.82) is 0 Å². The first kappa shape index (κ1) is 13.9. The molecule has 0 heterocycles. The van der Waals surface area contributed by atoms with E-state index in [0.29, 0.717) is 13.0 Å². The molecule has 15 heavy (non-hydrogen) atoms.